The third-order valence-corrected chi connectivity index (χ3v) is 2.02. The predicted octanol–water partition coefficient (Wildman–Crippen LogP) is 0.622. The maximum atomic E-state index is 12.3. The zero-order valence-electron chi connectivity index (χ0n) is 9.06. The molecule has 0 aliphatic rings. The monoisotopic (exact) mass is 218 g/mol. The van der Waals surface area contributed by atoms with E-state index in [-0.39, 0.29) is 18.9 Å². The van der Waals surface area contributed by atoms with E-state index < -0.39 is 11.7 Å². The summed E-state index contributed by atoms with van der Waals surface area (Å²) in [5.74, 6) is 2.21. The molecule has 16 heavy (non-hydrogen) atoms. The smallest absolute Gasteiger partial charge is 0.694 e. The molecule has 0 amide bonds. The van der Waals surface area contributed by atoms with E-state index in [2.05, 4.69) is 5.92 Å². The third kappa shape index (κ3) is 4.79. The van der Waals surface area contributed by atoms with Crippen LogP contribution in [0.15, 0.2) is 24.3 Å². The molecule has 0 unspecified atom stereocenters. The Hall–Kier alpha value is -0.833. The van der Waals surface area contributed by atoms with Gasteiger partial charge in [0.05, 0.1) is 5.56 Å². The maximum absolute atomic E-state index is 12.3. The van der Waals surface area contributed by atoms with E-state index in [1.165, 1.54) is 6.07 Å². The number of unbranched alkanes of at least 4 members (excludes halogenated alkanes) is 1. The third-order valence-electron chi connectivity index (χ3n) is 2.02. The average Bonchev–Trinajstić information content (AvgIpc) is 2.17. The second-order valence-electron chi connectivity index (χ2n) is 3.23. The Morgan fingerprint density at radius 1 is 1.25 bits per heavy atom. The largest absolute Gasteiger partial charge is 1.00 e. The van der Waals surface area contributed by atoms with Crippen LogP contribution in [0.2, 0.25) is 0 Å². The van der Waals surface area contributed by atoms with Crippen LogP contribution in [-0.2, 0) is 12.6 Å². The second-order valence-corrected chi connectivity index (χ2v) is 3.23. The van der Waals surface area contributed by atoms with Crippen molar-refractivity contribution in [2.75, 3.05) is 0 Å². The summed E-state index contributed by atoms with van der Waals surface area (Å²) >= 11 is 0. The summed E-state index contributed by atoms with van der Waals surface area (Å²) in [6.45, 7) is 0. The van der Waals surface area contributed by atoms with Crippen LogP contribution in [0, 0.1) is 12.3 Å². The fourth-order valence-electron chi connectivity index (χ4n) is 1.28. The Kier molecular flexibility index (Phi) is 6.34. The van der Waals surface area contributed by atoms with Gasteiger partial charge in [0, 0.05) is 0 Å². The zero-order chi connectivity index (χ0) is 11.3. The van der Waals surface area contributed by atoms with Gasteiger partial charge in [-0.15, -0.1) is 0 Å². The Bertz CT molecular complexity index is 363. The van der Waals surface area contributed by atoms with Crippen molar-refractivity contribution in [2.45, 2.75) is 25.4 Å². The summed E-state index contributed by atoms with van der Waals surface area (Å²) in [5.41, 5.74) is 0.0407. The molecule has 0 nitrogen and oxygen atoms in total. The van der Waals surface area contributed by atoms with Gasteiger partial charge in [-0.3, -0.25) is 0 Å². The SMILES string of the molecule is [C-]#CCCCc1cccc(C(F)(F)F)c1.[Li+]. The average molecular weight is 218 g/mol. The number of rotatable bonds is 3. The molecule has 80 valence electrons. The van der Waals surface area contributed by atoms with Gasteiger partial charge in [0.15, 0.2) is 0 Å². The van der Waals surface area contributed by atoms with E-state index in [9.17, 15) is 13.2 Å². The molecule has 0 fully saturated rings. The van der Waals surface area contributed by atoms with Gasteiger partial charge in [0.1, 0.15) is 0 Å². The molecule has 1 aromatic carbocycles. The van der Waals surface area contributed by atoms with E-state index in [4.69, 9.17) is 6.42 Å². The van der Waals surface area contributed by atoms with E-state index in [1.807, 2.05) is 0 Å². The second kappa shape index (κ2) is 6.69. The first-order valence-electron chi connectivity index (χ1n) is 4.60. The van der Waals surface area contributed by atoms with Gasteiger partial charge in [0.25, 0.3) is 0 Å². The van der Waals surface area contributed by atoms with E-state index in [0.717, 1.165) is 12.1 Å². The van der Waals surface area contributed by atoms with E-state index in [0.29, 0.717) is 24.8 Å². The molecule has 0 bridgehead atoms. The normalized spacial score (nSPS) is 10.4. The molecule has 0 aliphatic heterocycles. The van der Waals surface area contributed by atoms with Crippen LogP contribution in [-0.4, -0.2) is 0 Å². The minimum Gasteiger partial charge on any atom is -0.694 e. The molecule has 1 rings (SSSR count). The molecule has 0 heterocycles. The molecule has 1 aromatic rings. The molecule has 0 aliphatic carbocycles. The summed E-state index contributed by atoms with van der Waals surface area (Å²) in [6, 6.07) is 5.29. The fraction of sp³-hybridized carbons (Fsp3) is 0.333. The summed E-state index contributed by atoms with van der Waals surface area (Å²) in [4.78, 5) is 0. The standard InChI is InChI=1S/C12H10F3.Li/c1-2-3-4-6-10-7-5-8-11(9-10)12(13,14)15;/h5,7-9H,3-4,6H2;/q-1;+1. The summed E-state index contributed by atoms with van der Waals surface area (Å²) in [5, 5.41) is 0. The number of hydrogen-bond donors (Lipinski definition) is 0. The molecule has 0 saturated carbocycles. The van der Waals surface area contributed by atoms with Crippen molar-refractivity contribution in [3.05, 3.63) is 41.8 Å². The molecule has 0 atom stereocenters. The maximum Gasteiger partial charge on any atom is 1.00 e. The fourth-order valence-corrected chi connectivity index (χ4v) is 1.28. The van der Waals surface area contributed by atoms with Gasteiger partial charge in [0.2, 0.25) is 0 Å². The van der Waals surface area contributed by atoms with E-state index in [1.54, 1.807) is 6.07 Å². The van der Waals surface area contributed by atoms with Gasteiger partial charge in [-0.25, -0.2) is 0 Å². The Balaban J connectivity index is 0.00000225. The number of alkyl halides is 3. The van der Waals surface area contributed by atoms with Crippen molar-refractivity contribution in [2.24, 2.45) is 0 Å². The first-order chi connectivity index (χ1) is 7.04. The van der Waals surface area contributed by atoms with Crippen molar-refractivity contribution >= 4 is 0 Å². The summed E-state index contributed by atoms with van der Waals surface area (Å²) < 4.78 is 36.9. The van der Waals surface area contributed by atoms with E-state index >= 15 is 0 Å². The molecular formula is C12H10F3Li. The van der Waals surface area contributed by atoms with Gasteiger partial charge in [-0.2, -0.15) is 13.2 Å². The number of benzene rings is 1. The van der Waals surface area contributed by atoms with Gasteiger partial charge in [-0.1, -0.05) is 18.2 Å². The van der Waals surface area contributed by atoms with Gasteiger partial charge in [-0.05, 0) is 30.9 Å². The van der Waals surface area contributed by atoms with Crippen molar-refractivity contribution in [1.29, 1.82) is 0 Å². The van der Waals surface area contributed by atoms with Crippen molar-refractivity contribution in [3.8, 4) is 5.92 Å². The molecule has 0 aromatic heterocycles. The van der Waals surface area contributed by atoms with Crippen molar-refractivity contribution in [1.82, 2.24) is 0 Å². The number of halogens is 3. The quantitative estimate of drug-likeness (QED) is 0.302. The summed E-state index contributed by atoms with van der Waals surface area (Å²) in [7, 11) is 0. The van der Waals surface area contributed by atoms with Crippen LogP contribution in [0.1, 0.15) is 24.0 Å². The minimum atomic E-state index is -4.27. The molecule has 0 N–H and O–H groups in total. The Labute approximate surface area is 105 Å². The molecule has 4 heteroatoms. The molecule has 0 radical (unpaired) electrons. The van der Waals surface area contributed by atoms with Gasteiger partial charge >= 0.3 is 25.0 Å². The van der Waals surface area contributed by atoms with Crippen LogP contribution in [0.25, 0.3) is 0 Å². The zero-order valence-corrected chi connectivity index (χ0v) is 9.06. The van der Waals surface area contributed by atoms with Crippen LogP contribution in [0.4, 0.5) is 13.2 Å². The predicted molar refractivity (Wildman–Crippen MR) is 51.5 cm³/mol. The Morgan fingerprint density at radius 3 is 2.50 bits per heavy atom. The number of hydrogen-bond acceptors (Lipinski definition) is 0. The number of aryl methyl sites for hydroxylation is 1. The molecule has 0 saturated heterocycles. The first kappa shape index (κ1) is 15.2. The summed E-state index contributed by atoms with van der Waals surface area (Å²) in [6.07, 6.45) is 4.10. The van der Waals surface area contributed by atoms with Crippen LogP contribution in [0.3, 0.4) is 0 Å². The van der Waals surface area contributed by atoms with Gasteiger partial charge < -0.3 is 12.3 Å². The minimum absolute atomic E-state index is 0. The molecular weight excluding hydrogens is 208 g/mol. The van der Waals surface area contributed by atoms with Crippen molar-refractivity contribution in [3.63, 3.8) is 0 Å². The first-order valence-corrected chi connectivity index (χ1v) is 4.60. The Morgan fingerprint density at radius 2 is 1.94 bits per heavy atom. The van der Waals surface area contributed by atoms with Crippen LogP contribution >= 0.6 is 0 Å². The molecule has 0 spiro atoms. The van der Waals surface area contributed by atoms with Crippen LogP contribution in [0.5, 0.6) is 0 Å². The van der Waals surface area contributed by atoms with Crippen molar-refractivity contribution < 1.29 is 32.0 Å². The topological polar surface area (TPSA) is 0 Å². The van der Waals surface area contributed by atoms with Crippen LogP contribution < -0.4 is 18.9 Å².